The molecule has 0 unspecified atom stereocenters. The van der Waals surface area contributed by atoms with Crippen molar-refractivity contribution in [3.8, 4) is 17.2 Å². The minimum atomic E-state index is -5.31. The van der Waals surface area contributed by atoms with Crippen LogP contribution < -0.4 is 24.4 Å². The van der Waals surface area contributed by atoms with Crippen molar-refractivity contribution in [3.63, 3.8) is 0 Å². The van der Waals surface area contributed by atoms with Crippen molar-refractivity contribution < 1.29 is 60.8 Å². The fourth-order valence-electron chi connectivity index (χ4n) is 11.2. The molecule has 7 rings (SSSR count). The highest BCUT2D eigenvalue weighted by atomic mass is 35.5. The number of aromatic nitrogens is 1. The van der Waals surface area contributed by atoms with E-state index in [4.69, 9.17) is 40.0 Å². The number of esters is 2. The van der Waals surface area contributed by atoms with Gasteiger partial charge in [0.05, 0.1) is 34.0 Å². The number of fused-ring (bicyclic) bond motifs is 3. The van der Waals surface area contributed by atoms with Gasteiger partial charge in [-0.05, 0) is 153 Å². The third kappa shape index (κ3) is 12.3. The number of carbonyl (C=O) groups is 4. The van der Waals surface area contributed by atoms with Gasteiger partial charge in [0.1, 0.15) is 35.4 Å². The Morgan fingerprint density at radius 1 is 0.889 bits per heavy atom. The minimum Gasteiger partial charge on any atom is -0.494 e. The van der Waals surface area contributed by atoms with Crippen LogP contribution in [0.1, 0.15) is 106 Å². The molecule has 0 aliphatic heterocycles. The van der Waals surface area contributed by atoms with Gasteiger partial charge in [0.15, 0.2) is 0 Å². The van der Waals surface area contributed by atoms with Crippen molar-refractivity contribution in [3.05, 3.63) is 112 Å². The van der Waals surface area contributed by atoms with E-state index in [0.29, 0.717) is 61.4 Å². The summed E-state index contributed by atoms with van der Waals surface area (Å²) in [5.41, 5.74) is 2.23. The number of carbonyl (C=O) groups excluding carboxylic acids is 4. The van der Waals surface area contributed by atoms with E-state index in [1.54, 1.807) is 31.5 Å². The SMILES string of the molecule is COCCOc1cccc(C[C@@H](NC(=O)CCCOc2ccc3c(c2)C2(CCC(C(=O)OC)(N(C(=O)C(F)(F)F)c4cccc(Cl)c4)CC2)[C@@H](C[C@@H](C)COc2ccnc4c2[C@H](C)CCC4)C3)C(=O)OC)c1. The standard InChI is InChI=1S/C55H65ClF3N3O10/c1-35(34-72-47-19-24-60-45-15-6-10-36(2)49(45)47)28-39-31-38-17-18-43(70-25-9-16-48(63)61-46(50(64)68-4)30-37-11-7-14-42(29-37)71-27-26-67-3)33-44(38)53(39)20-22-54(23-21-53,52(66)69-5)62(51(65)55(57,58)59)41-13-8-12-40(56)32-41/h7-8,11-14,17-19,24,29,32-33,35-36,39,46H,6,9-10,15-16,20-23,25-28,30-31,34H2,1-5H3,(H,61,63)/t35-,36-,39+,46-,53?,54?/m1/s1. The summed E-state index contributed by atoms with van der Waals surface area (Å²) in [4.78, 5) is 58.7. The number of amides is 2. The maximum atomic E-state index is 14.6. The van der Waals surface area contributed by atoms with Gasteiger partial charge in [0.25, 0.3) is 0 Å². The van der Waals surface area contributed by atoms with Crippen LogP contribution in [0.3, 0.4) is 0 Å². The Bertz CT molecular complexity index is 2550. The van der Waals surface area contributed by atoms with Crippen LogP contribution in [0.25, 0.3) is 0 Å². The zero-order valence-corrected chi connectivity index (χ0v) is 42.4. The average molecular weight is 1020 g/mol. The van der Waals surface area contributed by atoms with Crippen LogP contribution >= 0.6 is 11.6 Å². The lowest BCUT2D eigenvalue weighted by atomic mass is 9.59. The molecule has 1 saturated carbocycles. The molecule has 1 N–H and O–H groups in total. The molecule has 17 heteroatoms. The van der Waals surface area contributed by atoms with Gasteiger partial charge in [-0.3, -0.25) is 19.5 Å². The second-order valence-electron chi connectivity index (χ2n) is 19.4. The smallest absolute Gasteiger partial charge is 0.471 e. The van der Waals surface area contributed by atoms with Gasteiger partial charge in [0, 0.05) is 48.1 Å². The number of hydrogen-bond acceptors (Lipinski definition) is 11. The molecule has 1 fully saturated rings. The number of ether oxygens (including phenoxy) is 6. The first-order valence-electron chi connectivity index (χ1n) is 24.7. The molecule has 4 aromatic rings. The number of aryl methyl sites for hydroxylation is 1. The van der Waals surface area contributed by atoms with E-state index in [1.807, 2.05) is 30.3 Å². The van der Waals surface area contributed by atoms with E-state index < -0.39 is 41.0 Å². The molecule has 2 amide bonds. The second-order valence-corrected chi connectivity index (χ2v) is 19.9. The summed E-state index contributed by atoms with van der Waals surface area (Å²) in [6.07, 6.45) is 1.70. The fraction of sp³-hybridized carbons (Fsp3) is 0.509. The monoisotopic (exact) mass is 1020 g/mol. The predicted molar refractivity (Wildman–Crippen MR) is 265 cm³/mol. The van der Waals surface area contributed by atoms with Crippen LogP contribution in [0.15, 0.2) is 79.0 Å². The third-order valence-electron chi connectivity index (χ3n) is 14.7. The lowest BCUT2D eigenvalue weighted by molar-refractivity contribution is -0.174. The highest BCUT2D eigenvalue weighted by Gasteiger charge is 2.60. The number of halogens is 4. The fourth-order valence-corrected chi connectivity index (χ4v) is 11.4. The molecular formula is C55H65ClF3N3O10. The highest BCUT2D eigenvalue weighted by Crippen LogP contribution is 2.58. The topological polar surface area (TPSA) is 152 Å². The van der Waals surface area contributed by atoms with Crippen molar-refractivity contribution in [2.45, 2.75) is 120 Å². The predicted octanol–water partition coefficient (Wildman–Crippen LogP) is 9.86. The van der Waals surface area contributed by atoms with Crippen molar-refractivity contribution in [1.29, 1.82) is 0 Å². The zero-order chi connectivity index (χ0) is 51.6. The summed E-state index contributed by atoms with van der Waals surface area (Å²) in [5, 5.41) is 2.90. The van der Waals surface area contributed by atoms with Gasteiger partial charge in [-0.25, -0.2) is 9.59 Å². The number of rotatable bonds is 21. The Balaban J connectivity index is 1.09. The van der Waals surface area contributed by atoms with Crippen LogP contribution in [-0.4, -0.2) is 94.3 Å². The molecule has 3 aromatic carbocycles. The number of nitrogens with one attached hydrogen (secondary N) is 1. The highest BCUT2D eigenvalue weighted by molar-refractivity contribution is 6.31. The van der Waals surface area contributed by atoms with E-state index in [2.05, 4.69) is 24.1 Å². The molecule has 1 heterocycles. The third-order valence-corrected chi connectivity index (χ3v) is 14.9. The summed E-state index contributed by atoms with van der Waals surface area (Å²) in [6, 6.07) is 19.6. The number of benzene rings is 3. The summed E-state index contributed by atoms with van der Waals surface area (Å²) in [7, 11) is 3.96. The molecule has 0 bridgehead atoms. The number of anilines is 1. The number of pyridine rings is 1. The Labute approximate surface area is 424 Å². The van der Waals surface area contributed by atoms with Crippen LogP contribution in [0.2, 0.25) is 5.02 Å². The van der Waals surface area contributed by atoms with E-state index in [9.17, 15) is 32.3 Å². The van der Waals surface area contributed by atoms with Gasteiger partial charge in [-0.1, -0.05) is 49.7 Å². The van der Waals surface area contributed by atoms with Crippen LogP contribution in [0.5, 0.6) is 17.2 Å². The quantitative estimate of drug-likeness (QED) is 0.0627. The number of methoxy groups -OCH3 is 3. The molecule has 4 atom stereocenters. The number of hydrogen-bond donors (Lipinski definition) is 1. The van der Waals surface area contributed by atoms with Crippen LogP contribution in [0.4, 0.5) is 18.9 Å². The molecule has 1 spiro atoms. The second kappa shape index (κ2) is 23.8. The van der Waals surface area contributed by atoms with Crippen LogP contribution in [-0.2, 0) is 58.1 Å². The van der Waals surface area contributed by atoms with Crippen molar-refractivity contribution in [2.24, 2.45) is 11.8 Å². The maximum Gasteiger partial charge on any atom is 0.471 e. The first-order valence-corrected chi connectivity index (χ1v) is 25.1. The lowest BCUT2D eigenvalue weighted by Gasteiger charge is -2.51. The number of nitrogens with zero attached hydrogens (tertiary/aromatic N) is 2. The Morgan fingerprint density at radius 3 is 2.36 bits per heavy atom. The molecule has 3 aliphatic rings. The van der Waals surface area contributed by atoms with Crippen LogP contribution in [0, 0.1) is 11.8 Å². The molecular weight excluding hydrogens is 955 g/mol. The molecule has 13 nitrogen and oxygen atoms in total. The van der Waals surface area contributed by atoms with E-state index in [-0.39, 0.29) is 73.6 Å². The maximum absolute atomic E-state index is 14.6. The van der Waals surface area contributed by atoms with Crippen molar-refractivity contribution >= 4 is 41.0 Å². The zero-order valence-electron chi connectivity index (χ0n) is 41.6. The summed E-state index contributed by atoms with van der Waals surface area (Å²) >= 11 is 6.29. The Morgan fingerprint density at radius 2 is 1.64 bits per heavy atom. The molecule has 0 radical (unpaired) electrons. The molecule has 388 valence electrons. The van der Waals surface area contributed by atoms with Crippen molar-refractivity contribution in [2.75, 3.05) is 52.7 Å². The normalized spacial score (nSPS) is 21.1. The molecule has 1 aromatic heterocycles. The Hall–Kier alpha value is -5.87. The minimum absolute atomic E-state index is 0.0164. The van der Waals surface area contributed by atoms with E-state index >= 15 is 0 Å². The first-order chi connectivity index (χ1) is 34.5. The summed E-state index contributed by atoms with van der Waals surface area (Å²) in [6.45, 7) is 5.70. The Kier molecular flexibility index (Phi) is 17.8. The lowest BCUT2D eigenvalue weighted by Crippen LogP contribution is -2.63. The summed E-state index contributed by atoms with van der Waals surface area (Å²) in [5.74, 6) is -1.73. The average Bonchev–Trinajstić information content (AvgIpc) is 3.65. The van der Waals surface area contributed by atoms with Crippen molar-refractivity contribution in [1.82, 2.24) is 10.3 Å². The molecule has 72 heavy (non-hydrogen) atoms. The number of alkyl halides is 3. The molecule has 0 saturated heterocycles. The van der Waals surface area contributed by atoms with E-state index in [0.717, 1.165) is 60.1 Å². The van der Waals surface area contributed by atoms with E-state index in [1.165, 1.54) is 31.4 Å². The van der Waals surface area contributed by atoms with Gasteiger partial charge >= 0.3 is 24.0 Å². The van der Waals surface area contributed by atoms with Gasteiger partial charge in [0.2, 0.25) is 5.91 Å². The summed E-state index contributed by atoms with van der Waals surface area (Å²) < 4.78 is 77.6. The van der Waals surface area contributed by atoms with Gasteiger partial charge in [-0.15, -0.1) is 0 Å². The largest absolute Gasteiger partial charge is 0.494 e. The first kappa shape index (κ1) is 53.9. The van der Waals surface area contributed by atoms with Gasteiger partial charge < -0.3 is 33.7 Å². The van der Waals surface area contributed by atoms with Gasteiger partial charge in [-0.2, -0.15) is 13.2 Å². The molecule has 3 aliphatic carbocycles.